The van der Waals surface area contributed by atoms with E-state index in [-0.39, 0.29) is 5.91 Å². The van der Waals surface area contributed by atoms with Gasteiger partial charge >= 0.3 is 0 Å². The summed E-state index contributed by atoms with van der Waals surface area (Å²) >= 11 is 0. The number of aromatic nitrogens is 4. The highest BCUT2D eigenvalue weighted by molar-refractivity contribution is 6.11. The van der Waals surface area contributed by atoms with Gasteiger partial charge in [-0.25, -0.2) is 4.98 Å². The van der Waals surface area contributed by atoms with E-state index >= 15 is 0 Å². The lowest BCUT2D eigenvalue weighted by Crippen LogP contribution is -2.11. The Bertz CT molecular complexity index is 1800. The van der Waals surface area contributed by atoms with Gasteiger partial charge in [-0.3, -0.25) is 9.48 Å². The number of carbonyl (C=O) groups excluding carboxylic acids is 1. The van der Waals surface area contributed by atoms with Gasteiger partial charge in [0.2, 0.25) is 5.88 Å². The van der Waals surface area contributed by atoms with Crippen molar-refractivity contribution in [3.05, 3.63) is 84.2 Å². The smallest absolute Gasteiger partial charge is 0.250 e. The quantitative estimate of drug-likeness (QED) is 0.278. The number of ether oxygens (including phenoxy) is 1. The minimum Gasteiger partial charge on any atom is -0.438 e. The number of nitrogens with zero attached hydrogens (tertiary/aromatic N) is 5. The molecule has 2 aromatic carbocycles. The van der Waals surface area contributed by atoms with E-state index in [0.717, 1.165) is 27.9 Å². The van der Waals surface area contributed by atoms with Crippen LogP contribution in [0, 0.1) is 18.3 Å². The molecule has 3 heterocycles. The van der Waals surface area contributed by atoms with Crippen LogP contribution in [0.2, 0.25) is 0 Å². The average molecular weight is 518 g/mol. The Morgan fingerprint density at radius 3 is 2.51 bits per heavy atom. The molecule has 5 aromatic rings. The van der Waals surface area contributed by atoms with E-state index in [0.29, 0.717) is 45.2 Å². The van der Waals surface area contributed by atoms with E-state index in [1.807, 2.05) is 74.2 Å². The zero-order chi connectivity index (χ0) is 27.8. The summed E-state index contributed by atoms with van der Waals surface area (Å²) in [6.07, 6.45) is 3.31. The number of hydrogen-bond donors (Lipinski definition) is 2. The third kappa shape index (κ3) is 4.60. The maximum atomic E-state index is 12.2. The summed E-state index contributed by atoms with van der Waals surface area (Å²) in [5, 5.41) is 17.7. The van der Waals surface area contributed by atoms with Crippen LogP contribution in [-0.2, 0) is 18.9 Å². The molecule has 0 fully saturated rings. The van der Waals surface area contributed by atoms with Crippen LogP contribution in [0.3, 0.4) is 0 Å². The summed E-state index contributed by atoms with van der Waals surface area (Å²) in [4.78, 5) is 16.5. The summed E-state index contributed by atoms with van der Waals surface area (Å²) in [5.74, 6) is 1.23. The number of nitrogen functional groups attached to an aromatic ring is 1. The summed E-state index contributed by atoms with van der Waals surface area (Å²) in [6.45, 7) is 7.34. The SMILES string of the molecule is C=C(C)C(=O)Nc1ccc(-c2c(-c3ccc(Oc4ccn(C)n4)cc3)c3c(N)ncc(C#N)c3n2C)c(C)c1. The van der Waals surface area contributed by atoms with Gasteiger partial charge in [0.1, 0.15) is 17.6 Å². The van der Waals surface area contributed by atoms with E-state index in [1.54, 1.807) is 17.7 Å². The molecular weight excluding hydrogens is 490 g/mol. The number of nitrogens with two attached hydrogens (primary N) is 1. The molecule has 39 heavy (non-hydrogen) atoms. The average Bonchev–Trinajstić information content (AvgIpc) is 3.45. The summed E-state index contributed by atoms with van der Waals surface area (Å²) < 4.78 is 9.53. The number of carbonyl (C=O) groups is 1. The highest BCUT2D eigenvalue weighted by atomic mass is 16.5. The van der Waals surface area contributed by atoms with E-state index in [9.17, 15) is 10.1 Å². The number of rotatable bonds is 6. The number of amides is 1. The van der Waals surface area contributed by atoms with Crippen molar-refractivity contribution in [3.63, 3.8) is 0 Å². The van der Waals surface area contributed by atoms with Gasteiger partial charge in [-0.05, 0) is 49.2 Å². The number of fused-ring (bicyclic) bond motifs is 1. The second kappa shape index (κ2) is 9.84. The van der Waals surface area contributed by atoms with Crippen LogP contribution in [0.25, 0.3) is 33.3 Å². The van der Waals surface area contributed by atoms with Gasteiger partial charge in [0.25, 0.3) is 5.91 Å². The molecule has 0 spiro atoms. The number of benzene rings is 2. The van der Waals surface area contributed by atoms with Crippen molar-refractivity contribution in [1.29, 1.82) is 5.26 Å². The van der Waals surface area contributed by atoms with Crippen LogP contribution < -0.4 is 15.8 Å². The van der Waals surface area contributed by atoms with Gasteiger partial charge in [-0.2, -0.15) is 5.26 Å². The minimum atomic E-state index is -0.238. The predicted octanol–water partition coefficient (Wildman–Crippen LogP) is 5.71. The van der Waals surface area contributed by atoms with E-state index in [2.05, 4.69) is 28.0 Å². The molecule has 0 aliphatic rings. The van der Waals surface area contributed by atoms with Crippen molar-refractivity contribution in [2.45, 2.75) is 13.8 Å². The lowest BCUT2D eigenvalue weighted by molar-refractivity contribution is -0.112. The molecule has 3 aromatic heterocycles. The molecule has 0 bridgehead atoms. The Labute approximate surface area is 225 Å². The first kappa shape index (κ1) is 25.3. The maximum absolute atomic E-state index is 12.2. The van der Waals surface area contributed by atoms with Crippen molar-refractivity contribution in [2.75, 3.05) is 11.1 Å². The normalized spacial score (nSPS) is 10.8. The van der Waals surface area contributed by atoms with Crippen molar-refractivity contribution in [3.8, 4) is 40.1 Å². The van der Waals surface area contributed by atoms with Crippen LogP contribution in [-0.4, -0.2) is 25.2 Å². The molecule has 0 aliphatic heterocycles. The molecule has 9 heteroatoms. The third-order valence-corrected chi connectivity index (χ3v) is 6.54. The molecule has 0 unspecified atom stereocenters. The van der Waals surface area contributed by atoms with Crippen LogP contribution in [0.4, 0.5) is 11.5 Å². The fourth-order valence-corrected chi connectivity index (χ4v) is 4.69. The fourth-order valence-electron chi connectivity index (χ4n) is 4.69. The highest BCUT2D eigenvalue weighted by Crippen LogP contribution is 2.44. The molecule has 9 nitrogen and oxygen atoms in total. The lowest BCUT2D eigenvalue weighted by Gasteiger charge is -2.14. The maximum Gasteiger partial charge on any atom is 0.250 e. The predicted molar refractivity (Wildman–Crippen MR) is 152 cm³/mol. The molecule has 5 rings (SSSR count). The Hall–Kier alpha value is -5.36. The topological polar surface area (TPSA) is 124 Å². The summed E-state index contributed by atoms with van der Waals surface area (Å²) in [7, 11) is 3.74. The van der Waals surface area contributed by atoms with Gasteiger partial charge in [-0.1, -0.05) is 24.8 Å². The number of aryl methyl sites for hydroxylation is 3. The number of nitriles is 1. The molecule has 0 atom stereocenters. The molecule has 1 amide bonds. The van der Waals surface area contributed by atoms with Crippen LogP contribution in [0.15, 0.2) is 73.1 Å². The molecule has 0 radical (unpaired) electrons. The number of pyridine rings is 1. The molecule has 3 N–H and O–H groups in total. The minimum absolute atomic E-state index is 0.238. The van der Waals surface area contributed by atoms with Crippen molar-refractivity contribution in [2.24, 2.45) is 14.1 Å². The highest BCUT2D eigenvalue weighted by Gasteiger charge is 2.24. The second-order valence-electron chi connectivity index (χ2n) is 9.39. The zero-order valence-electron chi connectivity index (χ0n) is 22.1. The largest absolute Gasteiger partial charge is 0.438 e. The number of anilines is 2. The van der Waals surface area contributed by atoms with Gasteiger partial charge in [0.15, 0.2) is 0 Å². The summed E-state index contributed by atoms with van der Waals surface area (Å²) in [5.41, 5.74) is 13.1. The van der Waals surface area contributed by atoms with Crippen molar-refractivity contribution in [1.82, 2.24) is 19.3 Å². The third-order valence-electron chi connectivity index (χ3n) is 6.54. The van der Waals surface area contributed by atoms with Gasteiger partial charge in [0, 0.05) is 54.9 Å². The Morgan fingerprint density at radius 1 is 1.15 bits per heavy atom. The Morgan fingerprint density at radius 2 is 1.90 bits per heavy atom. The fraction of sp³-hybridized carbons (Fsp3) is 0.133. The van der Waals surface area contributed by atoms with E-state index < -0.39 is 0 Å². The Kier molecular flexibility index (Phi) is 6.38. The van der Waals surface area contributed by atoms with Gasteiger partial charge in [-0.15, -0.1) is 5.10 Å². The van der Waals surface area contributed by atoms with Crippen LogP contribution >= 0.6 is 0 Å². The molecule has 0 aliphatic carbocycles. The number of hydrogen-bond acceptors (Lipinski definition) is 6. The summed E-state index contributed by atoms with van der Waals surface area (Å²) in [6, 6.07) is 17.4. The molecule has 0 saturated heterocycles. The molecule has 194 valence electrons. The van der Waals surface area contributed by atoms with Gasteiger partial charge in [0.05, 0.1) is 22.2 Å². The molecule has 0 saturated carbocycles. The van der Waals surface area contributed by atoms with Crippen LogP contribution in [0.1, 0.15) is 18.1 Å². The van der Waals surface area contributed by atoms with Crippen molar-refractivity contribution < 1.29 is 9.53 Å². The molecular formula is C30H27N7O2. The second-order valence-corrected chi connectivity index (χ2v) is 9.39. The number of nitrogens with one attached hydrogen (secondary N) is 1. The first-order chi connectivity index (χ1) is 18.7. The first-order valence-corrected chi connectivity index (χ1v) is 12.2. The zero-order valence-corrected chi connectivity index (χ0v) is 22.1. The van der Waals surface area contributed by atoms with Gasteiger partial charge < -0.3 is 20.4 Å². The Balaban J connectivity index is 1.68. The van der Waals surface area contributed by atoms with Crippen LogP contribution in [0.5, 0.6) is 11.6 Å². The van der Waals surface area contributed by atoms with E-state index in [1.165, 1.54) is 6.20 Å². The first-order valence-electron chi connectivity index (χ1n) is 12.2. The van der Waals surface area contributed by atoms with Crippen molar-refractivity contribution >= 4 is 28.3 Å². The standard InChI is InChI=1S/C30H27N7O2/c1-17(2)30(38)34-21-8-11-23(18(3)14-21)28-25(26-27(37(28)5)20(15-31)16-33-29(26)32)19-6-9-22(10-7-19)39-24-12-13-36(4)35-24/h6-14,16H,1H2,2-5H3,(H2,32,33)(H,34,38). The van der Waals surface area contributed by atoms with E-state index in [4.69, 9.17) is 10.5 Å². The lowest BCUT2D eigenvalue weighted by atomic mass is 9.95. The monoisotopic (exact) mass is 517 g/mol.